The molecule has 0 aromatic carbocycles. The number of nitrogens with two attached hydrogens (primary N) is 1. The molecule has 7 heteroatoms. The maximum Gasteiger partial charge on any atom is 0.326 e. The van der Waals surface area contributed by atoms with Crippen LogP contribution >= 0.6 is 0 Å². The molecule has 0 unspecified atom stereocenters. The third-order valence-electron chi connectivity index (χ3n) is 6.03. The molecule has 4 atom stereocenters. The van der Waals surface area contributed by atoms with Crippen molar-refractivity contribution in [2.45, 2.75) is 90.8 Å². The fraction of sp³-hybridized carbons (Fsp3) is 0.857. The normalized spacial score (nSPS) is 19.5. The molecule has 1 saturated carbocycles. The highest BCUT2D eigenvalue weighted by atomic mass is 16.4. The lowest BCUT2D eigenvalue weighted by Crippen LogP contribution is -2.58. The van der Waals surface area contributed by atoms with Gasteiger partial charge >= 0.3 is 5.97 Å². The Labute approximate surface area is 169 Å². The summed E-state index contributed by atoms with van der Waals surface area (Å²) in [6.45, 7) is 7.68. The first kappa shape index (κ1) is 24.4. The molecule has 0 aliphatic heterocycles. The second-order valence-corrected chi connectivity index (χ2v) is 8.73. The Morgan fingerprint density at radius 2 is 1.71 bits per heavy atom. The number of carbonyl (C=O) groups is 3. The lowest BCUT2D eigenvalue weighted by Gasteiger charge is -2.34. The van der Waals surface area contributed by atoms with E-state index in [0.717, 1.165) is 25.7 Å². The fourth-order valence-electron chi connectivity index (χ4n) is 3.88. The Balaban J connectivity index is 2.91. The lowest BCUT2D eigenvalue weighted by atomic mass is 9.83. The number of carboxylic acid groups (broad SMARTS) is 1. The minimum Gasteiger partial charge on any atom is -0.480 e. The Kier molecular flexibility index (Phi) is 9.93. The first-order chi connectivity index (χ1) is 13.1. The summed E-state index contributed by atoms with van der Waals surface area (Å²) in [7, 11) is 1.51. The molecule has 2 amide bonds. The van der Waals surface area contributed by atoms with Crippen LogP contribution in [0.15, 0.2) is 0 Å². The summed E-state index contributed by atoms with van der Waals surface area (Å²) in [5, 5.41) is 12.4. The topological polar surface area (TPSA) is 113 Å². The number of aliphatic carboxylic acids is 1. The molecule has 162 valence electrons. The molecule has 0 bridgehead atoms. The molecule has 0 heterocycles. The van der Waals surface area contributed by atoms with Crippen LogP contribution in [-0.2, 0) is 14.4 Å². The van der Waals surface area contributed by atoms with E-state index >= 15 is 0 Å². The third-order valence-corrected chi connectivity index (χ3v) is 6.03. The van der Waals surface area contributed by atoms with Gasteiger partial charge in [-0.25, -0.2) is 4.79 Å². The number of rotatable bonds is 10. The van der Waals surface area contributed by atoms with Crippen molar-refractivity contribution in [1.29, 1.82) is 0 Å². The van der Waals surface area contributed by atoms with Gasteiger partial charge in [-0.3, -0.25) is 9.59 Å². The van der Waals surface area contributed by atoms with Crippen LogP contribution in [0.25, 0.3) is 0 Å². The number of nitrogens with zero attached hydrogens (tertiary/aromatic N) is 1. The van der Waals surface area contributed by atoms with Gasteiger partial charge in [0.1, 0.15) is 12.1 Å². The van der Waals surface area contributed by atoms with Crippen molar-refractivity contribution < 1.29 is 19.5 Å². The van der Waals surface area contributed by atoms with Gasteiger partial charge < -0.3 is 21.1 Å². The summed E-state index contributed by atoms with van der Waals surface area (Å²) < 4.78 is 0. The summed E-state index contributed by atoms with van der Waals surface area (Å²) in [4.78, 5) is 38.8. The van der Waals surface area contributed by atoms with Crippen LogP contribution in [0, 0.1) is 17.8 Å². The van der Waals surface area contributed by atoms with Crippen LogP contribution < -0.4 is 11.1 Å². The second-order valence-electron chi connectivity index (χ2n) is 8.73. The predicted molar refractivity (Wildman–Crippen MR) is 110 cm³/mol. The van der Waals surface area contributed by atoms with Crippen molar-refractivity contribution in [2.75, 3.05) is 7.05 Å². The predicted octanol–water partition coefficient (Wildman–Crippen LogP) is 2.38. The SMILES string of the molecule is CC[C@H](C)[C@@H](NC(=O)[C@H](N)C1CCCCC1)C(=O)N(C)[C@H](CC(C)C)C(=O)O. The van der Waals surface area contributed by atoms with Crippen molar-refractivity contribution >= 4 is 17.8 Å². The van der Waals surface area contributed by atoms with Crippen molar-refractivity contribution in [2.24, 2.45) is 23.5 Å². The van der Waals surface area contributed by atoms with Gasteiger partial charge in [0, 0.05) is 7.05 Å². The molecular weight excluding hydrogens is 358 g/mol. The number of hydrogen-bond donors (Lipinski definition) is 3. The smallest absolute Gasteiger partial charge is 0.326 e. The van der Waals surface area contributed by atoms with Crippen LogP contribution in [0.5, 0.6) is 0 Å². The van der Waals surface area contributed by atoms with Crippen LogP contribution in [0.3, 0.4) is 0 Å². The number of likely N-dealkylation sites (N-methyl/N-ethyl adjacent to an activating group) is 1. The van der Waals surface area contributed by atoms with Gasteiger partial charge in [-0.2, -0.15) is 0 Å². The zero-order valence-corrected chi connectivity index (χ0v) is 18.1. The molecule has 1 fully saturated rings. The maximum absolute atomic E-state index is 13.1. The highest BCUT2D eigenvalue weighted by Crippen LogP contribution is 2.26. The van der Waals surface area contributed by atoms with Crippen molar-refractivity contribution in [3.05, 3.63) is 0 Å². The van der Waals surface area contributed by atoms with Gasteiger partial charge in [0.25, 0.3) is 0 Å². The molecule has 0 aromatic heterocycles. The number of hydrogen-bond acceptors (Lipinski definition) is 4. The molecule has 0 radical (unpaired) electrons. The van der Waals surface area contributed by atoms with E-state index in [1.807, 2.05) is 27.7 Å². The zero-order valence-electron chi connectivity index (χ0n) is 18.1. The summed E-state index contributed by atoms with van der Waals surface area (Å²) in [6, 6.07) is -2.31. The highest BCUT2D eigenvalue weighted by Gasteiger charge is 2.36. The Hall–Kier alpha value is -1.63. The molecule has 1 aliphatic rings. The maximum atomic E-state index is 13.1. The molecule has 28 heavy (non-hydrogen) atoms. The summed E-state index contributed by atoms with van der Waals surface area (Å²) in [5.41, 5.74) is 6.20. The van der Waals surface area contributed by atoms with Gasteiger partial charge in [-0.05, 0) is 37.0 Å². The standard InChI is InChI=1S/C21H39N3O4/c1-6-14(4)18(20(26)24(5)16(21(27)28)12-13(2)3)23-19(25)17(22)15-10-8-7-9-11-15/h13-18H,6-12,22H2,1-5H3,(H,23,25)(H,27,28)/t14-,16+,17+,18+/m0/s1. The molecule has 0 saturated heterocycles. The summed E-state index contributed by atoms with van der Waals surface area (Å²) >= 11 is 0. The van der Waals surface area contributed by atoms with Crippen molar-refractivity contribution in [3.63, 3.8) is 0 Å². The molecule has 0 spiro atoms. The van der Waals surface area contributed by atoms with Gasteiger partial charge in [0.15, 0.2) is 0 Å². The summed E-state index contributed by atoms with van der Waals surface area (Å²) in [5.74, 6) is -1.55. The van der Waals surface area contributed by atoms with Gasteiger partial charge in [0.05, 0.1) is 6.04 Å². The lowest BCUT2D eigenvalue weighted by molar-refractivity contribution is -0.151. The van der Waals surface area contributed by atoms with Gasteiger partial charge in [-0.1, -0.05) is 53.4 Å². The van der Waals surface area contributed by atoms with Gasteiger partial charge in [0.2, 0.25) is 11.8 Å². The van der Waals surface area contributed by atoms with E-state index < -0.39 is 24.1 Å². The molecular formula is C21H39N3O4. The van der Waals surface area contributed by atoms with E-state index in [2.05, 4.69) is 5.32 Å². The van der Waals surface area contributed by atoms with E-state index in [1.54, 1.807) is 0 Å². The van der Waals surface area contributed by atoms with Crippen LogP contribution in [0.4, 0.5) is 0 Å². The van der Waals surface area contributed by atoms with Crippen molar-refractivity contribution in [3.8, 4) is 0 Å². The minimum absolute atomic E-state index is 0.119. The van der Waals surface area contributed by atoms with E-state index in [-0.39, 0.29) is 29.6 Å². The molecule has 0 aromatic rings. The Morgan fingerprint density at radius 1 is 1.14 bits per heavy atom. The molecule has 4 N–H and O–H groups in total. The van der Waals surface area contributed by atoms with Crippen molar-refractivity contribution in [1.82, 2.24) is 10.2 Å². The van der Waals surface area contributed by atoms with Gasteiger partial charge in [-0.15, -0.1) is 0 Å². The van der Waals surface area contributed by atoms with E-state index in [1.165, 1.54) is 18.4 Å². The van der Waals surface area contributed by atoms with Crippen LogP contribution in [0.1, 0.15) is 72.6 Å². The zero-order chi connectivity index (χ0) is 21.4. The molecule has 7 nitrogen and oxygen atoms in total. The monoisotopic (exact) mass is 397 g/mol. The number of carboxylic acids is 1. The first-order valence-electron chi connectivity index (χ1n) is 10.7. The number of nitrogens with one attached hydrogen (secondary N) is 1. The number of amides is 2. The van der Waals surface area contributed by atoms with E-state index in [0.29, 0.717) is 12.8 Å². The third kappa shape index (κ3) is 6.76. The largest absolute Gasteiger partial charge is 0.480 e. The fourth-order valence-corrected chi connectivity index (χ4v) is 3.88. The minimum atomic E-state index is -1.03. The molecule has 1 rings (SSSR count). The molecule has 1 aliphatic carbocycles. The first-order valence-corrected chi connectivity index (χ1v) is 10.7. The van der Waals surface area contributed by atoms with E-state index in [9.17, 15) is 19.5 Å². The average Bonchev–Trinajstić information content (AvgIpc) is 2.68. The second kappa shape index (κ2) is 11.4. The quantitative estimate of drug-likeness (QED) is 0.524. The van der Waals surface area contributed by atoms with Crippen LogP contribution in [0.2, 0.25) is 0 Å². The summed E-state index contributed by atoms with van der Waals surface area (Å²) in [6.07, 6.45) is 6.26. The average molecular weight is 398 g/mol. The highest BCUT2D eigenvalue weighted by molar-refractivity contribution is 5.92. The van der Waals surface area contributed by atoms with Crippen LogP contribution in [-0.4, -0.2) is 53.0 Å². The Bertz CT molecular complexity index is 532. The number of carbonyl (C=O) groups excluding carboxylic acids is 2. The Morgan fingerprint density at radius 3 is 2.18 bits per heavy atom. The van der Waals surface area contributed by atoms with E-state index in [4.69, 9.17) is 5.73 Å².